The average Bonchev–Trinajstić information content (AvgIpc) is 3.34. The van der Waals surface area contributed by atoms with Crippen LogP contribution >= 0.6 is 0 Å². The number of piperidine rings is 1. The number of benzene rings is 1. The van der Waals surface area contributed by atoms with Gasteiger partial charge in [0.2, 0.25) is 11.9 Å². The molecule has 4 rings (SSSR count). The highest BCUT2D eigenvalue weighted by atomic mass is 16.2. The maximum Gasteiger partial charge on any atom is 0.273 e. The van der Waals surface area contributed by atoms with Gasteiger partial charge < -0.3 is 21.3 Å². The van der Waals surface area contributed by atoms with Crippen molar-refractivity contribution in [3.05, 3.63) is 55.3 Å². The van der Waals surface area contributed by atoms with Crippen molar-refractivity contribution in [3.8, 4) is 5.69 Å². The van der Waals surface area contributed by atoms with Gasteiger partial charge in [0, 0.05) is 24.8 Å². The van der Waals surface area contributed by atoms with E-state index in [0.717, 1.165) is 18.5 Å². The van der Waals surface area contributed by atoms with E-state index >= 15 is 0 Å². The zero-order chi connectivity index (χ0) is 22.5. The summed E-state index contributed by atoms with van der Waals surface area (Å²) in [7, 11) is 0. The van der Waals surface area contributed by atoms with Crippen molar-refractivity contribution in [1.29, 1.82) is 0 Å². The van der Waals surface area contributed by atoms with E-state index in [-0.39, 0.29) is 29.4 Å². The molecular weight excluding hydrogens is 412 g/mol. The fraction of sp³-hybridized carbons (Fsp3) is 0.250. The van der Waals surface area contributed by atoms with Crippen molar-refractivity contribution in [2.75, 3.05) is 23.7 Å². The first-order valence-electron chi connectivity index (χ1n) is 9.98. The topological polar surface area (TPSA) is 157 Å². The zero-order valence-corrected chi connectivity index (χ0v) is 17.2. The Morgan fingerprint density at radius 1 is 1.22 bits per heavy atom. The minimum Gasteiger partial charge on any atom is -0.364 e. The van der Waals surface area contributed by atoms with Crippen LogP contribution in [0.1, 0.15) is 23.3 Å². The van der Waals surface area contributed by atoms with Crippen molar-refractivity contribution < 1.29 is 9.59 Å². The Morgan fingerprint density at radius 2 is 2.03 bits per heavy atom. The first-order valence-corrected chi connectivity index (χ1v) is 9.98. The summed E-state index contributed by atoms with van der Waals surface area (Å²) in [5, 5.41) is 18.2. The molecule has 2 amide bonds. The molecule has 1 atom stereocenters. The summed E-state index contributed by atoms with van der Waals surface area (Å²) in [6.07, 6.45) is 6.03. The van der Waals surface area contributed by atoms with Crippen molar-refractivity contribution in [1.82, 2.24) is 34.8 Å². The molecule has 1 aliphatic heterocycles. The number of hydrogen-bond donors (Lipinski definition) is 3. The van der Waals surface area contributed by atoms with Crippen LogP contribution in [-0.4, -0.2) is 65.8 Å². The summed E-state index contributed by atoms with van der Waals surface area (Å²) < 4.78 is 1.62. The Labute approximate surface area is 183 Å². The van der Waals surface area contributed by atoms with E-state index in [2.05, 4.69) is 42.5 Å². The van der Waals surface area contributed by atoms with Gasteiger partial charge in [-0.05, 0) is 43.2 Å². The highest BCUT2D eigenvalue weighted by Gasteiger charge is 2.23. The molecule has 164 valence electrons. The average molecular weight is 434 g/mol. The number of amides is 2. The van der Waals surface area contributed by atoms with E-state index < -0.39 is 5.91 Å². The number of carbonyl (C=O) groups excluding carboxylic acids is 2. The van der Waals surface area contributed by atoms with E-state index in [9.17, 15) is 9.59 Å². The Kier molecular flexibility index (Phi) is 6.01. The predicted molar refractivity (Wildman–Crippen MR) is 116 cm³/mol. The Balaban J connectivity index is 1.51. The molecule has 1 fully saturated rings. The summed E-state index contributed by atoms with van der Waals surface area (Å²) in [6, 6.07) is 7.22. The second kappa shape index (κ2) is 9.20. The Morgan fingerprint density at radius 3 is 2.72 bits per heavy atom. The highest BCUT2D eigenvalue weighted by Crippen LogP contribution is 2.21. The van der Waals surface area contributed by atoms with Crippen LogP contribution in [-0.2, 0) is 4.79 Å². The summed E-state index contributed by atoms with van der Waals surface area (Å²) >= 11 is 0. The van der Waals surface area contributed by atoms with Gasteiger partial charge in [-0.25, -0.2) is 9.67 Å². The lowest BCUT2D eigenvalue weighted by atomic mass is 10.1. The van der Waals surface area contributed by atoms with E-state index in [1.165, 1.54) is 12.4 Å². The zero-order valence-electron chi connectivity index (χ0n) is 17.2. The number of likely N-dealkylation sites (tertiary alicyclic amines) is 1. The Bertz CT molecular complexity index is 1110. The number of anilines is 3. The molecule has 0 radical (unpaired) electrons. The third-order valence-electron chi connectivity index (χ3n) is 4.97. The normalized spacial score (nSPS) is 15.8. The van der Waals surface area contributed by atoms with Crippen molar-refractivity contribution in [3.63, 3.8) is 0 Å². The number of aromatic nitrogens is 6. The largest absolute Gasteiger partial charge is 0.364 e. The van der Waals surface area contributed by atoms with E-state index in [1.54, 1.807) is 28.0 Å². The van der Waals surface area contributed by atoms with Gasteiger partial charge in [0.1, 0.15) is 12.7 Å². The van der Waals surface area contributed by atoms with E-state index in [4.69, 9.17) is 5.73 Å². The lowest BCUT2D eigenvalue weighted by Crippen LogP contribution is -2.44. The van der Waals surface area contributed by atoms with Crippen molar-refractivity contribution >= 4 is 29.3 Å². The molecule has 0 saturated carbocycles. The van der Waals surface area contributed by atoms with Gasteiger partial charge in [0.25, 0.3) is 5.91 Å². The molecule has 1 aromatic carbocycles. The van der Waals surface area contributed by atoms with Gasteiger partial charge in [0.15, 0.2) is 11.5 Å². The van der Waals surface area contributed by atoms with Crippen LogP contribution in [0, 0.1) is 0 Å². The molecular formula is C20H22N10O2. The quantitative estimate of drug-likeness (QED) is 0.459. The molecule has 0 spiro atoms. The van der Waals surface area contributed by atoms with Crippen LogP contribution in [0.15, 0.2) is 49.6 Å². The molecule has 1 saturated heterocycles. The monoisotopic (exact) mass is 434 g/mol. The summed E-state index contributed by atoms with van der Waals surface area (Å²) in [4.78, 5) is 33.8. The van der Waals surface area contributed by atoms with Gasteiger partial charge >= 0.3 is 0 Å². The molecule has 12 nitrogen and oxygen atoms in total. The number of nitrogens with zero attached hydrogens (tertiary/aromatic N) is 7. The van der Waals surface area contributed by atoms with Gasteiger partial charge in [0.05, 0.1) is 5.69 Å². The van der Waals surface area contributed by atoms with Crippen LogP contribution in [0.2, 0.25) is 0 Å². The van der Waals surface area contributed by atoms with E-state index in [0.29, 0.717) is 18.8 Å². The smallest absolute Gasteiger partial charge is 0.273 e. The van der Waals surface area contributed by atoms with Crippen molar-refractivity contribution in [2.24, 2.45) is 5.73 Å². The number of rotatable bonds is 7. The Hall–Kier alpha value is -4.35. The molecule has 1 unspecified atom stereocenters. The van der Waals surface area contributed by atoms with Gasteiger partial charge in [-0.3, -0.25) is 9.59 Å². The number of hydrogen-bond acceptors (Lipinski definition) is 9. The summed E-state index contributed by atoms with van der Waals surface area (Å²) in [6.45, 7) is 4.72. The molecule has 0 aliphatic carbocycles. The van der Waals surface area contributed by atoms with E-state index in [1.807, 2.05) is 12.1 Å². The first-order chi connectivity index (χ1) is 15.5. The van der Waals surface area contributed by atoms with Gasteiger partial charge in [-0.15, -0.1) is 10.2 Å². The third-order valence-corrected chi connectivity index (χ3v) is 4.97. The minimum atomic E-state index is -0.751. The second-order valence-electron chi connectivity index (χ2n) is 7.18. The molecule has 3 heterocycles. The molecule has 0 bridgehead atoms. The summed E-state index contributed by atoms with van der Waals surface area (Å²) in [5.41, 5.74) is 6.85. The van der Waals surface area contributed by atoms with Crippen LogP contribution < -0.4 is 16.4 Å². The molecule has 12 heteroatoms. The number of nitrogens with two attached hydrogens (primary N) is 1. The molecule has 32 heavy (non-hydrogen) atoms. The number of carbonyl (C=O) groups is 2. The fourth-order valence-corrected chi connectivity index (χ4v) is 3.42. The maximum absolute atomic E-state index is 11.9. The second-order valence-corrected chi connectivity index (χ2v) is 7.18. The highest BCUT2D eigenvalue weighted by molar-refractivity contribution is 5.96. The van der Waals surface area contributed by atoms with Crippen LogP contribution in [0.25, 0.3) is 5.69 Å². The standard InChI is InChI=1S/C20H22N10O2/c1-2-16(31)29-9-3-4-14(10-29)25-20-26-19(17(18(21)32)27-28-20)24-13-5-7-15(8-6-13)30-12-22-11-23-30/h2,5-8,11-12,14H,1,3-4,9-10H2,(H2,21,32)(H2,24,25,26,28). The molecule has 3 aromatic rings. The van der Waals surface area contributed by atoms with Gasteiger partial charge in [-0.1, -0.05) is 6.58 Å². The minimum absolute atomic E-state index is 0.0521. The number of nitrogens with one attached hydrogen (secondary N) is 2. The van der Waals surface area contributed by atoms with Crippen LogP contribution in [0.3, 0.4) is 0 Å². The fourth-order valence-electron chi connectivity index (χ4n) is 3.42. The lowest BCUT2D eigenvalue weighted by Gasteiger charge is -2.32. The van der Waals surface area contributed by atoms with Crippen LogP contribution in [0.4, 0.5) is 17.5 Å². The lowest BCUT2D eigenvalue weighted by molar-refractivity contribution is -0.127. The molecule has 1 aliphatic rings. The first kappa shape index (κ1) is 20.9. The van der Waals surface area contributed by atoms with Gasteiger partial charge in [-0.2, -0.15) is 10.1 Å². The SMILES string of the molecule is C=CC(=O)N1CCCC(Nc2nnc(C(N)=O)c(Nc3ccc(-n4cncn4)cc3)n2)C1. The molecule has 2 aromatic heterocycles. The summed E-state index contributed by atoms with van der Waals surface area (Å²) in [5.74, 6) is -0.456. The van der Waals surface area contributed by atoms with Crippen LogP contribution in [0.5, 0.6) is 0 Å². The maximum atomic E-state index is 11.9. The number of primary amides is 1. The molecule has 4 N–H and O–H groups in total. The predicted octanol–water partition coefficient (Wildman–Crippen LogP) is 0.884. The van der Waals surface area contributed by atoms with Crippen molar-refractivity contribution in [2.45, 2.75) is 18.9 Å². The third kappa shape index (κ3) is 4.69.